The average Bonchev–Trinajstić information content (AvgIpc) is 3.43. The number of nitrogens with one attached hydrogen (secondary N) is 2. The number of benzene rings is 4. The Morgan fingerprint density at radius 3 is 1.93 bits per heavy atom. The maximum atomic E-state index is 13.0. The third-order valence-electron chi connectivity index (χ3n) is 8.97. The number of hydrogen-bond donors (Lipinski definition) is 3. The fourth-order valence-corrected chi connectivity index (χ4v) is 6.40. The summed E-state index contributed by atoms with van der Waals surface area (Å²) in [6.07, 6.45) is 0.316. The van der Waals surface area contributed by atoms with Gasteiger partial charge in [0.15, 0.2) is 17.1 Å². The summed E-state index contributed by atoms with van der Waals surface area (Å²) in [5.74, 6) is 1.34. The van der Waals surface area contributed by atoms with Crippen molar-refractivity contribution in [1.29, 1.82) is 0 Å². The van der Waals surface area contributed by atoms with Gasteiger partial charge in [-0.25, -0.2) is 9.69 Å². The van der Waals surface area contributed by atoms with Gasteiger partial charge in [0, 0.05) is 55.0 Å². The first kappa shape index (κ1) is 43.7. The zero-order valence-electron chi connectivity index (χ0n) is 32.1. The standard InChI is InChI=1S/C43H51Cl2N3O9/c1-43(41(50)48(42(51)57-43)36-27-34(44)26-35(45)28-36)16-17-46-18-22-52-24-25-53-23-19-47-30-37(49)31-56-38-12-13-39(54-20-14-32-8-4-2-5-9-32)40(29-38)55-21-15-33-10-6-3-7-11-33/h2-13,26-29,37,46-47,49H,14-25,30-31H2,1H3. The van der Waals surface area contributed by atoms with Crippen LogP contribution >= 0.6 is 23.2 Å². The van der Waals surface area contributed by atoms with E-state index in [0.29, 0.717) is 93.1 Å². The summed E-state index contributed by atoms with van der Waals surface area (Å²) >= 11 is 12.1. The molecule has 0 saturated carbocycles. The second-order valence-electron chi connectivity index (χ2n) is 13.5. The molecule has 12 nitrogen and oxygen atoms in total. The van der Waals surface area contributed by atoms with Crippen molar-refractivity contribution in [3.8, 4) is 17.2 Å². The molecule has 1 aliphatic rings. The SMILES string of the molecule is CC1(CCNCCOCCOCCNCC(O)COc2ccc(OCCc3ccccc3)c(OCCc3ccccc3)c2)OC(=O)N(c2cc(Cl)cc(Cl)c2)C1=O. The third kappa shape index (κ3) is 14.5. The van der Waals surface area contributed by atoms with Crippen LogP contribution in [0.4, 0.5) is 10.5 Å². The summed E-state index contributed by atoms with van der Waals surface area (Å²) < 4.78 is 34.8. The van der Waals surface area contributed by atoms with Crippen molar-refractivity contribution >= 4 is 40.9 Å². The summed E-state index contributed by atoms with van der Waals surface area (Å²) in [5.41, 5.74) is 1.34. The smallest absolute Gasteiger partial charge is 0.422 e. The van der Waals surface area contributed by atoms with Gasteiger partial charge < -0.3 is 44.2 Å². The molecule has 57 heavy (non-hydrogen) atoms. The van der Waals surface area contributed by atoms with Gasteiger partial charge in [0.1, 0.15) is 18.5 Å². The number of carbonyl (C=O) groups excluding carboxylic acids is 2. The Morgan fingerprint density at radius 2 is 1.30 bits per heavy atom. The highest BCUT2D eigenvalue weighted by Crippen LogP contribution is 2.35. The lowest BCUT2D eigenvalue weighted by Gasteiger charge is -2.20. The number of carbonyl (C=O) groups is 2. The van der Waals surface area contributed by atoms with Gasteiger partial charge >= 0.3 is 6.09 Å². The van der Waals surface area contributed by atoms with Gasteiger partial charge in [-0.1, -0.05) is 83.9 Å². The van der Waals surface area contributed by atoms with Crippen LogP contribution < -0.4 is 29.7 Å². The molecular weight excluding hydrogens is 773 g/mol. The second-order valence-corrected chi connectivity index (χ2v) is 14.4. The molecule has 1 saturated heterocycles. The van der Waals surface area contributed by atoms with Crippen LogP contribution in [0.2, 0.25) is 10.0 Å². The van der Waals surface area contributed by atoms with Gasteiger partial charge in [0.25, 0.3) is 5.91 Å². The molecule has 0 spiro atoms. The van der Waals surface area contributed by atoms with E-state index >= 15 is 0 Å². The minimum absolute atomic E-state index is 0.102. The monoisotopic (exact) mass is 823 g/mol. The van der Waals surface area contributed by atoms with Gasteiger partial charge in [-0.2, -0.15) is 0 Å². The van der Waals surface area contributed by atoms with Crippen molar-refractivity contribution in [2.24, 2.45) is 0 Å². The van der Waals surface area contributed by atoms with E-state index in [0.717, 1.165) is 17.7 Å². The van der Waals surface area contributed by atoms with Crippen LogP contribution in [0.1, 0.15) is 24.5 Å². The van der Waals surface area contributed by atoms with Gasteiger partial charge in [-0.05, 0) is 54.9 Å². The molecule has 4 aromatic carbocycles. The summed E-state index contributed by atoms with van der Waals surface area (Å²) in [5, 5.41) is 17.5. The highest BCUT2D eigenvalue weighted by molar-refractivity contribution is 6.35. The molecule has 5 rings (SSSR count). The first-order valence-electron chi connectivity index (χ1n) is 19.1. The number of aliphatic hydroxyl groups is 1. The molecule has 0 aliphatic carbocycles. The van der Waals surface area contributed by atoms with Crippen molar-refractivity contribution in [3.63, 3.8) is 0 Å². The van der Waals surface area contributed by atoms with Crippen molar-refractivity contribution in [1.82, 2.24) is 10.6 Å². The largest absolute Gasteiger partial charge is 0.491 e. The second kappa shape index (κ2) is 23.1. The topological polar surface area (TPSA) is 137 Å². The predicted octanol–water partition coefficient (Wildman–Crippen LogP) is 6.52. The number of imide groups is 1. The zero-order valence-corrected chi connectivity index (χ0v) is 33.6. The average molecular weight is 825 g/mol. The first-order chi connectivity index (χ1) is 27.7. The summed E-state index contributed by atoms with van der Waals surface area (Å²) in [6, 6.07) is 30.3. The number of cyclic esters (lactones) is 1. The Morgan fingerprint density at radius 1 is 0.702 bits per heavy atom. The molecule has 1 aliphatic heterocycles. The quantitative estimate of drug-likeness (QED) is 0.0598. The number of anilines is 1. The molecule has 0 radical (unpaired) electrons. The van der Waals surface area contributed by atoms with Crippen LogP contribution in [-0.4, -0.2) is 101 Å². The fourth-order valence-electron chi connectivity index (χ4n) is 5.89. The summed E-state index contributed by atoms with van der Waals surface area (Å²) in [6.45, 7) is 6.27. The van der Waals surface area contributed by atoms with E-state index in [2.05, 4.69) is 34.9 Å². The number of halogens is 2. The van der Waals surface area contributed by atoms with Crippen LogP contribution in [0.25, 0.3) is 0 Å². The lowest BCUT2D eigenvalue weighted by atomic mass is 10.0. The minimum Gasteiger partial charge on any atom is -0.491 e. The Kier molecular flexibility index (Phi) is 17.7. The first-order valence-corrected chi connectivity index (χ1v) is 19.8. The molecule has 3 N–H and O–H groups in total. The van der Waals surface area contributed by atoms with Crippen LogP contribution in [0.5, 0.6) is 17.2 Å². The Labute approximate surface area is 344 Å². The molecule has 2 atom stereocenters. The lowest BCUT2D eigenvalue weighted by Crippen LogP contribution is -2.41. The van der Waals surface area contributed by atoms with Crippen LogP contribution in [-0.2, 0) is 31.8 Å². The highest BCUT2D eigenvalue weighted by Gasteiger charge is 2.50. The molecule has 306 valence electrons. The van der Waals surface area contributed by atoms with E-state index in [9.17, 15) is 14.7 Å². The molecule has 1 fully saturated rings. The van der Waals surface area contributed by atoms with Gasteiger partial charge in [0.2, 0.25) is 0 Å². The van der Waals surface area contributed by atoms with E-state index in [4.69, 9.17) is 51.6 Å². The van der Waals surface area contributed by atoms with Gasteiger partial charge in [-0.15, -0.1) is 0 Å². The molecule has 2 unspecified atom stereocenters. The molecule has 0 aromatic heterocycles. The lowest BCUT2D eigenvalue weighted by molar-refractivity contribution is -0.129. The van der Waals surface area contributed by atoms with E-state index in [1.165, 1.54) is 29.3 Å². The normalized spacial score (nSPS) is 15.8. The fraction of sp³-hybridized carbons (Fsp3) is 0.395. The van der Waals surface area contributed by atoms with Crippen LogP contribution in [0, 0.1) is 0 Å². The Bertz CT molecular complexity index is 1820. The number of nitrogens with zero attached hydrogens (tertiary/aromatic N) is 1. The number of hydrogen-bond acceptors (Lipinski definition) is 11. The van der Waals surface area contributed by atoms with Gasteiger partial charge in [-0.3, -0.25) is 4.79 Å². The maximum Gasteiger partial charge on any atom is 0.422 e. The molecule has 1 heterocycles. The van der Waals surface area contributed by atoms with Crippen molar-refractivity contribution in [2.45, 2.75) is 37.9 Å². The number of rotatable bonds is 26. The minimum atomic E-state index is -1.31. The Balaban J connectivity index is 0.900. The Hall–Kier alpha value is -4.40. The summed E-state index contributed by atoms with van der Waals surface area (Å²) in [7, 11) is 0. The summed E-state index contributed by atoms with van der Waals surface area (Å²) in [4.78, 5) is 26.5. The number of aliphatic hydroxyl groups excluding tert-OH is 1. The highest BCUT2D eigenvalue weighted by atomic mass is 35.5. The van der Waals surface area contributed by atoms with Crippen LogP contribution in [0.15, 0.2) is 97.1 Å². The van der Waals surface area contributed by atoms with Crippen molar-refractivity contribution < 1.29 is 43.1 Å². The van der Waals surface area contributed by atoms with E-state index in [1.54, 1.807) is 13.0 Å². The molecular formula is C43H51Cl2N3O9. The van der Waals surface area contributed by atoms with Crippen LogP contribution in [0.3, 0.4) is 0 Å². The maximum absolute atomic E-state index is 13.0. The van der Waals surface area contributed by atoms with Crippen molar-refractivity contribution in [3.05, 3.63) is 118 Å². The molecule has 4 aromatic rings. The molecule has 14 heteroatoms. The predicted molar refractivity (Wildman–Crippen MR) is 220 cm³/mol. The number of ether oxygens (including phenoxy) is 6. The van der Waals surface area contributed by atoms with E-state index in [-0.39, 0.29) is 18.7 Å². The zero-order chi connectivity index (χ0) is 40.3. The third-order valence-corrected chi connectivity index (χ3v) is 9.41. The molecule has 0 bridgehead atoms. The van der Waals surface area contributed by atoms with E-state index < -0.39 is 23.7 Å². The molecule has 2 amide bonds. The van der Waals surface area contributed by atoms with Gasteiger partial charge in [0.05, 0.1) is 45.3 Å². The van der Waals surface area contributed by atoms with Crippen molar-refractivity contribution in [2.75, 3.05) is 77.3 Å². The van der Waals surface area contributed by atoms with E-state index in [1.807, 2.05) is 48.5 Å². The number of amides is 2.